The normalized spacial score (nSPS) is 15.2. The first-order valence-electron chi connectivity index (χ1n) is 6.78. The number of carbonyl (C=O) groups excluding carboxylic acids is 1. The van der Waals surface area contributed by atoms with Gasteiger partial charge >= 0.3 is 0 Å². The highest BCUT2D eigenvalue weighted by molar-refractivity contribution is 7.99. The summed E-state index contributed by atoms with van der Waals surface area (Å²) in [4.78, 5) is 12.2. The Balaban J connectivity index is 2.59. The van der Waals surface area contributed by atoms with Crippen LogP contribution in [0, 0.1) is 0 Å². The molecule has 0 bridgehead atoms. The highest BCUT2D eigenvalue weighted by Crippen LogP contribution is 2.14. The highest BCUT2D eigenvalue weighted by Gasteiger charge is 2.23. The van der Waals surface area contributed by atoms with Crippen LogP contribution in [-0.4, -0.2) is 41.3 Å². The number of aliphatic hydroxyl groups is 1. The molecule has 1 aromatic rings. The molecule has 1 aromatic carbocycles. The van der Waals surface area contributed by atoms with E-state index in [1.807, 2.05) is 50.4 Å². The number of para-hydroxylation sites is 1. The van der Waals surface area contributed by atoms with Crippen LogP contribution in [0.5, 0.6) is 5.75 Å². The average molecular weight is 297 g/mol. The Morgan fingerprint density at radius 3 is 2.55 bits per heavy atom. The fourth-order valence-electron chi connectivity index (χ4n) is 1.83. The van der Waals surface area contributed by atoms with Gasteiger partial charge in [0.1, 0.15) is 5.75 Å². The Morgan fingerprint density at radius 2 is 2.05 bits per heavy atom. The Hall–Kier alpha value is -1.20. The van der Waals surface area contributed by atoms with E-state index >= 15 is 0 Å². The Labute approximate surface area is 124 Å². The summed E-state index contributed by atoms with van der Waals surface area (Å²) in [7, 11) is 0. The number of hydrogen-bond acceptors (Lipinski definition) is 4. The maximum absolute atomic E-state index is 12.2. The quantitative estimate of drug-likeness (QED) is 0.771. The minimum atomic E-state index is -0.513. The van der Waals surface area contributed by atoms with Gasteiger partial charge in [0.2, 0.25) is 0 Å². The monoisotopic (exact) mass is 297 g/mol. The van der Waals surface area contributed by atoms with Crippen LogP contribution in [0.2, 0.25) is 0 Å². The molecule has 1 amide bonds. The molecule has 3 unspecified atom stereocenters. The molecule has 0 spiro atoms. The topological polar surface area (TPSA) is 58.6 Å². The molecule has 0 aliphatic rings. The standard InChI is InChI=1S/C15H23NO3S/c1-4-13(19-12-8-6-5-7-9-12)15(18)16-11(2)14(10-17)20-3/h5-9,11,13-14,17H,4,10H2,1-3H3,(H,16,18). The summed E-state index contributed by atoms with van der Waals surface area (Å²) in [5.74, 6) is 0.544. The summed E-state index contributed by atoms with van der Waals surface area (Å²) in [5.41, 5.74) is 0. The first-order valence-corrected chi connectivity index (χ1v) is 8.06. The molecule has 0 saturated carbocycles. The van der Waals surface area contributed by atoms with E-state index in [2.05, 4.69) is 5.32 Å². The molecular formula is C15H23NO3S. The fourth-order valence-corrected chi connectivity index (χ4v) is 2.46. The van der Waals surface area contributed by atoms with E-state index in [-0.39, 0.29) is 23.8 Å². The van der Waals surface area contributed by atoms with E-state index in [9.17, 15) is 9.90 Å². The van der Waals surface area contributed by atoms with Crippen molar-refractivity contribution in [2.45, 2.75) is 37.7 Å². The maximum atomic E-state index is 12.2. The third-order valence-corrected chi connectivity index (χ3v) is 4.26. The summed E-state index contributed by atoms with van der Waals surface area (Å²) in [6.07, 6.45) is 2.00. The molecule has 0 aliphatic heterocycles. The van der Waals surface area contributed by atoms with Crippen LogP contribution < -0.4 is 10.1 Å². The summed E-state index contributed by atoms with van der Waals surface area (Å²) in [6.45, 7) is 3.85. The molecule has 5 heteroatoms. The number of rotatable bonds is 8. The average Bonchev–Trinajstić information content (AvgIpc) is 2.47. The molecule has 4 nitrogen and oxygen atoms in total. The second-order valence-electron chi connectivity index (χ2n) is 4.58. The number of carbonyl (C=O) groups is 1. The largest absolute Gasteiger partial charge is 0.481 e. The lowest BCUT2D eigenvalue weighted by Gasteiger charge is -2.24. The van der Waals surface area contributed by atoms with Crippen molar-refractivity contribution in [3.8, 4) is 5.75 Å². The van der Waals surface area contributed by atoms with Crippen LogP contribution in [0.3, 0.4) is 0 Å². The van der Waals surface area contributed by atoms with Crippen molar-refractivity contribution < 1.29 is 14.6 Å². The number of amides is 1. The zero-order chi connectivity index (χ0) is 15.0. The predicted molar refractivity (Wildman–Crippen MR) is 83.1 cm³/mol. The summed E-state index contributed by atoms with van der Waals surface area (Å²) in [5, 5.41) is 12.1. The van der Waals surface area contributed by atoms with Gasteiger partial charge in [-0.25, -0.2) is 0 Å². The van der Waals surface area contributed by atoms with Crippen molar-refractivity contribution in [2.75, 3.05) is 12.9 Å². The van der Waals surface area contributed by atoms with Crippen molar-refractivity contribution in [2.24, 2.45) is 0 Å². The van der Waals surface area contributed by atoms with Gasteiger partial charge < -0.3 is 15.2 Å². The van der Waals surface area contributed by atoms with Crippen LogP contribution >= 0.6 is 11.8 Å². The second-order valence-corrected chi connectivity index (χ2v) is 5.66. The lowest BCUT2D eigenvalue weighted by Crippen LogP contribution is -2.47. The van der Waals surface area contributed by atoms with Crippen LogP contribution in [0.25, 0.3) is 0 Å². The van der Waals surface area contributed by atoms with Crippen LogP contribution in [0.4, 0.5) is 0 Å². The van der Waals surface area contributed by atoms with Crippen molar-refractivity contribution in [3.05, 3.63) is 30.3 Å². The van der Waals surface area contributed by atoms with E-state index in [0.717, 1.165) is 0 Å². The smallest absolute Gasteiger partial charge is 0.261 e. The zero-order valence-corrected chi connectivity index (χ0v) is 13.0. The van der Waals surface area contributed by atoms with Crippen molar-refractivity contribution in [1.82, 2.24) is 5.32 Å². The van der Waals surface area contributed by atoms with Crippen LogP contribution in [0.1, 0.15) is 20.3 Å². The molecule has 20 heavy (non-hydrogen) atoms. The van der Waals surface area contributed by atoms with Gasteiger partial charge in [-0.2, -0.15) is 11.8 Å². The number of thioether (sulfide) groups is 1. The van der Waals surface area contributed by atoms with E-state index in [4.69, 9.17) is 4.74 Å². The van der Waals surface area contributed by atoms with Gasteiger partial charge in [-0.3, -0.25) is 4.79 Å². The lowest BCUT2D eigenvalue weighted by molar-refractivity contribution is -0.128. The van der Waals surface area contributed by atoms with E-state index in [1.165, 1.54) is 11.8 Å². The predicted octanol–water partition coefficient (Wildman–Crippen LogP) is 2.07. The van der Waals surface area contributed by atoms with Crippen molar-refractivity contribution >= 4 is 17.7 Å². The van der Waals surface area contributed by atoms with Crippen molar-refractivity contribution in [1.29, 1.82) is 0 Å². The minimum Gasteiger partial charge on any atom is -0.481 e. The van der Waals surface area contributed by atoms with Gasteiger partial charge in [0, 0.05) is 11.3 Å². The van der Waals surface area contributed by atoms with Crippen LogP contribution in [-0.2, 0) is 4.79 Å². The van der Waals surface area contributed by atoms with Gasteiger partial charge in [-0.05, 0) is 31.7 Å². The van der Waals surface area contributed by atoms with Gasteiger partial charge in [0.25, 0.3) is 5.91 Å². The third-order valence-electron chi connectivity index (χ3n) is 3.10. The Kier molecular flexibility index (Phi) is 7.47. The summed E-state index contributed by atoms with van der Waals surface area (Å²) in [6, 6.07) is 9.21. The number of nitrogens with one attached hydrogen (secondary N) is 1. The molecule has 112 valence electrons. The molecule has 0 aromatic heterocycles. The molecule has 0 saturated heterocycles. The SMILES string of the molecule is CCC(Oc1ccccc1)C(=O)NC(C)C(CO)SC. The van der Waals surface area contributed by atoms with E-state index in [0.29, 0.717) is 12.2 Å². The van der Waals surface area contributed by atoms with E-state index < -0.39 is 6.10 Å². The number of aliphatic hydroxyl groups excluding tert-OH is 1. The van der Waals surface area contributed by atoms with E-state index in [1.54, 1.807) is 0 Å². The second kappa shape index (κ2) is 8.87. The Bertz CT molecular complexity index is 395. The maximum Gasteiger partial charge on any atom is 0.261 e. The first-order chi connectivity index (χ1) is 9.62. The van der Waals surface area contributed by atoms with Gasteiger partial charge in [-0.1, -0.05) is 25.1 Å². The molecule has 0 heterocycles. The molecule has 3 atom stereocenters. The third kappa shape index (κ3) is 5.06. The van der Waals surface area contributed by atoms with Crippen LogP contribution in [0.15, 0.2) is 30.3 Å². The summed E-state index contributed by atoms with van der Waals surface area (Å²) >= 11 is 1.54. The lowest BCUT2D eigenvalue weighted by atomic mass is 10.2. The molecule has 2 N–H and O–H groups in total. The molecule has 1 rings (SSSR count). The first kappa shape index (κ1) is 16.9. The van der Waals surface area contributed by atoms with Crippen molar-refractivity contribution in [3.63, 3.8) is 0 Å². The number of hydrogen-bond donors (Lipinski definition) is 2. The van der Waals surface area contributed by atoms with Gasteiger partial charge in [-0.15, -0.1) is 0 Å². The zero-order valence-electron chi connectivity index (χ0n) is 12.2. The molecule has 0 fully saturated rings. The number of benzene rings is 1. The number of ether oxygens (including phenoxy) is 1. The Morgan fingerprint density at radius 1 is 1.40 bits per heavy atom. The molecule has 0 radical (unpaired) electrons. The highest BCUT2D eigenvalue weighted by atomic mass is 32.2. The van der Waals surface area contributed by atoms with Gasteiger partial charge in [0.05, 0.1) is 6.61 Å². The fraction of sp³-hybridized carbons (Fsp3) is 0.533. The molecular weight excluding hydrogens is 274 g/mol. The minimum absolute atomic E-state index is 0.00631. The summed E-state index contributed by atoms with van der Waals surface area (Å²) < 4.78 is 5.69. The van der Waals surface area contributed by atoms with Gasteiger partial charge in [0.15, 0.2) is 6.10 Å². The molecule has 0 aliphatic carbocycles.